The Kier molecular flexibility index (Phi) is 3.57. The normalized spacial score (nSPS) is 16.3. The van der Waals surface area contributed by atoms with E-state index in [1.807, 2.05) is 0 Å². The molecule has 3 heterocycles. The van der Waals surface area contributed by atoms with E-state index in [4.69, 9.17) is 20.8 Å². The molecule has 0 unspecified atom stereocenters. The smallest absolute Gasteiger partial charge is 0.239 e. The second kappa shape index (κ2) is 5.17. The van der Waals surface area contributed by atoms with Crippen molar-refractivity contribution >= 4 is 27.4 Å². The zero-order chi connectivity index (χ0) is 16.1. The fourth-order valence-electron chi connectivity index (χ4n) is 2.64. The lowest BCUT2D eigenvalue weighted by Gasteiger charge is -2.17. The second-order valence-electron chi connectivity index (χ2n) is 5.08. The number of fused-ring (bicyclic) bond motifs is 1. The minimum Gasteiger partial charge on any atom is -0.493 e. The van der Waals surface area contributed by atoms with Crippen LogP contribution in [0.2, 0.25) is 5.02 Å². The molecule has 1 aliphatic heterocycles. The number of ether oxygens (including phenoxy) is 1. The van der Waals surface area contributed by atoms with Gasteiger partial charge in [-0.25, -0.2) is 12.4 Å². The molecule has 0 amide bonds. The highest BCUT2D eigenvalue weighted by Gasteiger charge is 2.31. The maximum absolute atomic E-state index is 12.3. The van der Waals surface area contributed by atoms with Crippen molar-refractivity contribution in [1.29, 1.82) is 0 Å². The predicted octanol–water partition coefficient (Wildman–Crippen LogP) is 2.74. The highest BCUT2D eigenvalue weighted by Crippen LogP contribution is 2.39. The summed E-state index contributed by atoms with van der Waals surface area (Å²) in [5.74, 6) is 0.228. The molecule has 0 bridgehead atoms. The van der Waals surface area contributed by atoms with Crippen LogP contribution >= 0.6 is 11.6 Å². The highest BCUT2D eigenvalue weighted by molar-refractivity contribution is 7.90. The first kappa shape index (κ1) is 15.2. The molecule has 0 saturated carbocycles. The third-order valence-corrected chi connectivity index (χ3v) is 5.63. The van der Waals surface area contributed by atoms with Crippen LogP contribution < -0.4 is 4.74 Å². The van der Waals surface area contributed by atoms with Crippen molar-refractivity contribution in [2.24, 2.45) is 0 Å². The van der Waals surface area contributed by atoms with E-state index in [1.165, 1.54) is 24.1 Å². The van der Waals surface area contributed by atoms with Gasteiger partial charge in [0.1, 0.15) is 5.69 Å². The molecule has 118 valence electrons. The number of hydrogen-bond acceptors (Lipinski definition) is 5. The Bertz CT molecular complexity index is 862. The molecule has 0 aromatic carbocycles. The molecular weight excluding hydrogens is 330 g/mol. The summed E-state index contributed by atoms with van der Waals surface area (Å²) in [6.45, 7) is 1.34. The number of Topliss-reactive ketones (excluding diaryl/α,β-unsaturated/α-hetero) is 1. The quantitative estimate of drug-likeness (QED) is 0.801. The fourth-order valence-corrected chi connectivity index (χ4v) is 4.65. The number of carbonyl (C=O) groups is 1. The van der Waals surface area contributed by atoms with Crippen LogP contribution in [0.3, 0.4) is 0 Å². The first-order valence-electron chi connectivity index (χ1n) is 6.67. The lowest BCUT2D eigenvalue weighted by molar-refractivity contribution is 0.0984. The lowest BCUT2D eigenvalue weighted by atomic mass is 10.2. The first-order chi connectivity index (χ1) is 10.3. The number of nitrogens with zero attached hydrogens (tertiary/aromatic N) is 1. The molecule has 0 spiro atoms. The SMILES string of the molecule is COc1cc(-c2c(Cl)cc3n2S(=O)(=O)CCC3)oc1C(C)=O. The second-order valence-corrected chi connectivity index (χ2v) is 7.42. The molecule has 1 aliphatic rings. The predicted molar refractivity (Wildman–Crippen MR) is 81.2 cm³/mol. The van der Waals surface area contributed by atoms with Gasteiger partial charge in [0.25, 0.3) is 0 Å². The van der Waals surface area contributed by atoms with Crippen LogP contribution in [0.4, 0.5) is 0 Å². The minimum absolute atomic E-state index is 0.0392. The summed E-state index contributed by atoms with van der Waals surface area (Å²) < 4.78 is 36.5. The molecule has 0 saturated heterocycles. The molecule has 6 nitrogen and oxygen atoms in total. The summed E-state index contributed by atoms with van der Waals surface area (Å²) in [5.41, 5.74) is 0.855. The standard InChI is InChI=1S/C14H14ClNO5S/c1-8(17)14-12(20-2)7-11(21-14)13-10(15)6-9-4-3-5-22(18,19)16(9)13/h6-7H,3-5H2,1-2H3. The van der Waals surface area contributed by atoms with Gasteiger partial charge in [0.05, 0.1) is 17.9 Å². The summed E-state index contributed by atoms with van der Waals surface area (Å²) in [6.07, 6.45) is 1.18. The van der Waals surface area contributed by atoms with Crippen molar-refractivity contribution in [3.05, 3.63) is 28.6 Å². The third-order valence-electron chi connectivity index (χ3n) is 3.57. The number of methoxy groups -OCH3 is 1. The van der Waals surface area contributed by atoms with E-state index in [0.29, 0.717) is 18.5 Å². The maximum atomic E-state index is 12.3. The Morgan fingerprint density at radius 2 is 2.14 bits per heavy atom. The zero-order valence-electron chi connectivity index (χ0n) is 12.1. The van der Waals surface area contributed by atoms with Crippen LogP contribution in [-0.4, -0.2) is 31.0 Å². The lowest BCUT2D eigenvalue weighted by Crippen LogP contribution is -2.24. The molecule has 3 rings (SSSR count). The van der Waals surface area contributed by atoms with Crippen LogP contribution in [0.5, 0.6) is 5.75 Å². The van der Waals surface area contributed by atoms with E-state index in [2.05, 4.69) is 0 Å². The van der Waals surface area contributed by atoms with Crippen LogP contribution in [-0.2, 0) is 16.4 Å². The van der Waals surface area contributed by atoms with Crippen molar-refractivity contribution in [2.75, 3.05) is 12.9 Å². The molecule has 8 heteroatoms. The average Bonchev–Trinajstić information content (AvgIpc) is 2.99. The molecule has 2 aromatic rings. The molecule has 22 heavy (non-hydrogen) atoms. The summed E-state index contributed by atoms with van der Waals surface area (Å²) >= 11 is 6.21. The van der Waals surface area contributed by atoms with E-state index < -0.39 is 10.0 Å². The van der Waals surface area contributed by atoms with Crippen molar-refractivity contribution in [2.45, 2.75) is 19.8 Å². The van der Waals surface area contributed by atoms with E-state index in [-0.39, 0.29) is 39.5 Å². The van der Waals surface area contributed by atoms with E-state index in [0.717, 1.165) is 0 Å². The maximum Gasteiger partial charge on any atom is 0.239 e. The molecule has 0 N–H and O–H groups in total. The monoisotopic (exact) mass is 343 g/mol. The van der Waals surface area contributed by atoms with Gasteiger partial charge in [0, 0.05) is 18.7 Å². The third kappa shape index (κ3) is 2.24. The first-order valence-corrected chi connectivity index (χ1v) is 8.66. The number of ketones is 1. The largest absolute Gasteiger partial charge is 0.493 e. The van der Waals surface area contributed by atoms with Gasteiger partial charge in [0.15, 0.2) is 17.3 Å². The van der Waals surface area contributed by atoms with Crippen LogP contribution in [0.1, 0.15) is 29.6 Å². The van der Waals surface area contributed by atoms with Gasteiger partial charge in [0.2, 0.25) is 15.8 Å². The van der Waals surface area contributed by atoms with E-state index in [9.17, 15) is 13.2 Å². The molecule has 0 radical (unpaired) electrons. The van der Waals surface area contributed by atoms with Crippen LogP contribution in [0, 0.1) is 0 Å². The number of hydrogen-bond donors (Lipinski definition) is 0. The number of carbonyl (C=O) groups excluding carboxylic acids is 1. The van der Waals surface area contributed by atoms with Crippen LogP contribution in [0.15, 0.2) is 16.5 Å². The minimum atomic E-state index is -3.48. The number of aryl methyl sites for hydroxylation is 1. The Morgan fingerprint density at radius 3 is 2.73 bits per heavy atom. The zero-order valence-corrected chi connectivity index (χ0v) is 13.6. The van der Waals surface area contributed by atoms with Crippen molar-refractivity contribution in [1.82, 2.24) is 3.97 Å². The number of rotatable bonds is 3. The summed E-state index contributed by atoms with van der Waals surface area (Å²) in [7, 11) is -2.07. The van der Waals surface area contributed by atoms with E-state index >= 15 is 0 Å². The van der Waals surface area contributed by atoms with Crippen molar-refractivity contribution in [3.8, 4) is 17.2 Å². The summed E-state index contributed by atoms with van der Waals surface area (Å²) in [5, 5.41) is 0.270. The molecule has 0 fully saturated rings. The Balaban J connectivity index is 2.26. The fraction of sp³-hybridized carbons (Fsp3) is 0.357. The Labute approximate surface area is 132 Å². The van der Waals surface area contributed by atoms with Gasteiger partial charge < -0.3 is 9.15 Å². The van der Waals surface area contributed by atoms with Gasteiger partial charge in [-0.2, -0.15) is 0 Å². The topological polar surface area (TPSA) is 78.5 Å². The number of aromatic nitrogens is 1. The van der Waals surface area contributed by atoms with Crippen molar-refractivity contribution in [3.63, 3.8) is 0 Å². The van der Waals surface area contributed by atoms with Gasteiger partial charge in [-0.05, 0) is 18.9 Å². The summed E-state index contributed by atoms with van der Waals surface area (Å²) in [4.78, 5) is 11.6. The van der Waals surface area contributed by atoms with Gasteiger partial charge >= 0.3 is 0 Å². The Hall–Kier alpha value is -1.73. The van der Waals surface area contributed by atoms with Gasteiger partial charge in [-0.15, -0.1) is 0 Å². The molecule has 0 aliphatic carbocycles. The molecular formula is C14H14ClNO5S. The highest BCUT2D eigenvalue weighted by atomic mass is 35.5. The summed E-state index contributed by atoms with van der Waals surface area (Å²) in [6, 6.07) is 3.10. The number of halogens is 1. The van der Waals surface area contributed by atoms with Gasteiger partial charge in [-0.1, -0.05) is 11.6 Å². The number of furan rings is 1. The van der Waals surface area contributed by atoms with Crippen LogP contribution in [0.25, 0.3) is 11.5 Å². The average molecular weight is 344 g/mol. The molecule has 2 aromatic heterocycles. The Morgan fingerprint density at radius 1 is 1.41 bits per heavy atom. The van der Waals surface area contributed by atoms with E-state index in [1.54, 1.807) is 6.07 Å². The van der Waals surface area contributed by atoms with Gasteiger partial charge in [-0.3, -0.25) is 4.79 Å². The van der Waals surface area contributed by atoms with Crippen molar-refractivity contribution < 1.29 is 22.4 Å². The molecule has 0 atom stereocenters.